The summed E-state index contributed by atoms with van der Waals surface area (Å²) in [6, 6.07) is 13.3. The second-order valence-electron chi connectivity index (χ2n) is 5.76. The first-order chi connectivity index (χ1) is 12.5. The zero-order chi connectivity index (χ0) is 18.3. The van der Waals surface area contributed by atoms with Crippen molar-refractivity contribution >= 4 is 32.8 Å². The molecule has 1 aromatic heterocycles. The smallest absolute Gasteiger partial charge is 0.340 e. The minimum Gasteiger partial charge on any atom is -0.460 e. The second kappa shape index (κ2) is 5.99. The number of aromatic nitrogens is 1. The molecule has 0 spiro atoms. The number of nitrogens with zero attached hydrogens (tertiary/aromatic N) is 1. The number of amides is 1. The highest BCUT2D eigenvalue weighted by Gasteiger charge is 2.40. The Bertz CT molecular complexity index is 1130. The molecule has 0 radical (unpaired) electrons. The van der Waals surface area contributed by atoms with Crippen LogP contribution in [0, 0.1) is 0 Å². The van der Waals surface area contributed by atoms with Crippen LogP contribution in [0.4, 0.5) is 0 Å². The standard InChI is InChI=1S/C18H14N2O5S/c21-17-13-6-2-4-8-16(13)26(23,24)20(17)9-10-25-18(22)14-11-19-15-7-3-1-5-12(14)15/h1-8,11,19H,9-10H2. The zero-order valence-electron chi connectivity index (χ0n) is 13.5. The maximum absolute atomic E-state index is 12.4. The number of hydrogen-bond acceptors (Lipinski definition) is 5. The average molecular weight is 370 g/mol. The molecule has 1 N–H and O–H groups in total. The van der Waals surface area contributed by atoms with Gasteiger partial charge in [0.05, 0.1) is 17.7 Å². The molecule has 1 amide bonds. The lowest BCUT2D eigenvalue weighted by Gasteiger charge is -2.14. The van der Waals surface area contributed by atoms with Crippen molar-refractivity contribution in [3.05, 3.63) is 65.9 Å². The van der Waals surface area contributed by atoms with Crippen molar-refractivity contribution in [1.29, 1.82) is 0 Å². The molecule has 132 valence electrons. The molecule has 8 heteroatoms. The van der Waals surface area contributed by atoms with Crippen LogP contribution in [0.3, 0.4) is 0 Å². The summed E-state index contributed by atoms with van der Waals surface area (Å²) in [5, 5.41) is 0.717. The topological polar surface area (TPSA) is 96.5 Å². The number of carbonyl (C=O) groups is 2. The van der Waals surface area contributed by atoms with E-state index in [1.807, 2.05) is 12.1 Å². The summed E-state index contributed by atoms with van der Waals surface area (Å²) < 4.78 is 30.8. The van der Waals surface area contributed by atoms with Gasteiger partial charge in [-0.15, -0.1) is 0 Å². The Hall–Kier alpha value is -3.13. The summed E-state index contributed by atoms with van der Waals surface area (Å²) in [7, 11) is -3.90. The van der Waals surface area contributed by atoms with E-state index in [9.17, 15) is 18.0 Å². The number of benzene rings is 2. The van der Waals surface area contributed by atoms with Crippen molar-refractivity contribution in [3.63, 3.8) is 0 Å². The summed E-state index contributed by atoms with van der Waals surface area (Å²) in [6.07, 6.45) is 1.54. The summed E-state index contributed by atoms with van der Waals surface area (Å²) >= 11 is 0. The molecular weight excluding hydrogens is 356 g/mol. The number of fused-ring (bicyclic) bond motifs is 2. The first kappa shape index (κ1) is 16.3. The fourth-order valence-electron chi connectivity index (χ4n) is 2.99. The fraction of sp³-hybridized carbons (Fsp3) is 0.111. The van der Waals surface area contributed by atoms with E-state index in [4.69, 9.17) is 4.74 Å². The number of rotatable bonds is 4. The summed E-state index contributed by atoms with van der Waals surface area (Å²) in [6.45, 7) is -0.457. The molecule has 2 aromatic carbocycles. The van der Waals surface area contributed by atoms with Gasteiger partial charge in [-0.05, 0) is 18.2 Å². The van der Waals surface area contributed by atoms with Crippen molar-refractivity contribution in [2.75, 3.05) is 13.2 Å². The van der Waals surface area contributed by atoms with Gasteiger partial charge >= 0.3 is 5.97 Å². The summed E-state index contributed by atoms with van der Waals surface area (Å²) in [4.78, 5) is 27.5. The zero-order valence-corrected chi connectivity index (χ0v) is 14.3. The van der Waals surface area contributed by atoms with Crippen LogP contribution in [0.25, 0.3) is 10.9 Å². The molecule has 1 aliphatic rings. The third-order valence-corrected chi connectivity index (χ3v) is 6.09. The number of aromatic amines is 1. The Morgan fingerprint density at radius 1 is 1.08 bits per heavy atom. The lowest BCUT2D eigenvalue weighted by atomic mass is 10.2. The van der Waals surface area contributed by atoms with Gasteiger partial charge in [0, 0.05) is 17.1 Å². The van der Waals surface area contributed by atoms with E-state index in [2.05, 4.69) is 4.98 Å². The van der Waals surface area contributed by atoms with Crippen LogP contribution in [0.2, 0.25) is 0 Å². The minimum atomic E-state index is -3.90. The van der Waals surface area contributed by atoms with Gasteiger partial charge < -0.3 is 9.72 Å². The monoisotopic (exact) mass is 370 g/mol. The van der Waals surface area contributed by atoms with Crippen LogP contribution in [0.15, 0.2) is 59.6 Å². The third kappa shape index (κ3) is 2.46. The van der Waals surface area contributed by atoms with E-state index in [1.54, 1.807) is 30.5 Å². The largest absolute Gasteiger partial charge is 0.460 e. The van der Waals surface area contributed by atoms with Crippen molar-refractivity contribution in [3.8, 4) is 0 Å². The maximum atomic E-state index is 12.4. The van der Waals surface area contributed by atoms with Gasteiger partial charge in [-0.2, -0.15) is 0 Å². The number of nitrogens with one attached hydrogen (secondary N) is 1. The van der Waals surface area contributed by atoms with E-state index in [0.717, 1.165) is 15.2 Å². The highest BCUT2D eigenvalue weighted by atomic mass is 32.2. The van der Waals surface area contributed by atoms with E-state index < -0.39 is 21.9 Å². The Balaban J connectivity index is 1.47. The highest BCUT2D eigenvalue weighted by molar-refractivity contribution is 7.90. The van der Waals surface area contributed by atoms with Crippen LogP contribution < -0.4 is 0 Å². The molecular formula is C18H14N2O5S. The Morgan fingerprint density at radius 2 is 1.81 bits per heavy atom. The van der Waals surface area contributed by atoms with Crippen LogP contribution in [0.5, 0.6) is 0 Å². The van der Waals surface area contributed by atoms with Crippen molar-refractivity contribution in [1.82, 2.24) is 9.29 Å². The Labute approximate surface area is 149 Å². The highest BCUT2D eigenvalue weighted by Crippen LogP contribution is 2.29. The van der Waals surface area contributed by atoms with Gasteiger partial charge in [-0.25, -0.2) is 17.5 Å². The van der Waals surface area contributed by atoms with Crippen LogP contribution in [-0.2, 0) is 14.8 Å². The van der Waals surface area contributed by atoms with Gasteiger partial charge in [0.2, 0.25) is 0 Å². The molecule has 0 bridgehead atoms. The van der Waals surface area contributed by atoms with E-state index in [-0.39, 0.29) is 23.6 Å². The molecule has 0 aliphatic carbocycles. The normalized spacial score (nSPS) is 15.2. The summed E-state index contributed by atoms with van der Waals surface area (Å²) in [5.41, 5.74) is 1.29. The molecule has 2 heterocycles. The molecule has 1 aliphatic heterocycles. The minimum absolute atomic E-state index is 0.0204. The van der Waals surface area contributed by atoms with Crippen LogP contribution in [-0.4, -0.2) is 42.7 Å². The molecule has 3 aromatic rings. The predicted molar refractivity (Wildman–Crippen MR) is 93.2 cm³/mol. The Morgan fingerprint density at radius 3 is 2.62 bits per heavy atom. The molecule has 26 heavy (non-hydrogen) atoms. The van der Waals surface area contributed by atoms with Crippen molar-refractivity contribution in [2.24, 2.45) is 0 Å². The fourth-order valence-corrected chi connectivity index (χ4v) is 4.54. The maximum Gasteiger partial charge on any atom is 0.340 e. The average Bonchev–Trinajstić information content (AvgIpc) is 3.15. The third-order valence-electron chi connectivity index (χ3n) is 4.25. The number of sulfonamides is 1. The number of ether oxygens (including phenoxy) is 1. The lowest BCUT2D eigenvalue weighted by Crippen LogP contribution is -2.33. The SMILES string of the molecule is O=C(OCCN1C(=O)c2ccccc2S1(=O)=O)c1c[nH]c2ccccc12. The van der Waals surface area contributed by atoms with E-state index >= 15 is 0 Å². The van der Waals surface area contributed by atoms with Gasteiger partial charge in [0.1, 0.15) is 11.5 Å². The van der Waals surface area contributed by atoms with Gasteiger partial charge in [-0.3, -0.25) is 4.79 Å². The Kier molecular flexibility index (Phi) is 3.77. The first-order valence-electron chi connectivity index (χ1n) is 7.89. The summed E-state index contributed by atoms with van der Waals surface area (Å²) in [5.74, 6) is -1.19. The number of hydrogen-bond donors (Lipinski definition) is 1. The van der Waals surface area contributed by atoms with Crippen molar-refractivity contribution < 1.29 is 22.7 Å². The number of para-hydroxylation sites is 1. The number of H-pyrrole nitrogens is 1. The number of esters is 1. The molecule has 0 atom stereocenters. The van der Waals surface area contributed by atoms with E-state index in [1.165, 1.54) is 12.1 Å². The first-order valence-corrected chi connectivity index (χ1v) is 9.33. The molecule has 0 saturated heterocycles. The second-order valence-corrected chi connectivity index (χ2v) is 7.59. The van der Waals surface area contributed by atoms with Gasteiger partial charge in [-0.1, -0.05) is 30.3 Å². The molecule has 4 rings (SSSR count). The van der Waals surface area contributed by atoms with Gasteiger partial charge in [0.15, 0.2) is 0 Å². The van der Waals surface area contributed by atoms with E-state index in [0.29, 0.717) is 5.56 Å². The molecule has 0 unspecified atom stereocenters. The molecule has 7 nitrogen and oxygen atoms in total. The lowest BCUT2D eigenvalue weighted by molar-refractivity contribution is 0.0480. The quantitative estimate of drug-likeness (QED) is 0.710. The van der Waals surface area contributed by atoms with Crippen LogP contribution >= 0.6 is 0 Å². The van der Waals surface area contributed by atoms with Crippen molar-refractivity contribution in [2.45, 2.75) is 4.90 Å². The molecule has 0 saturated carbocycles. The van der Waals surface area contributed by atoms with Crippen LogP contribution in [0.1, 0.15) is 20.7 Å². The molecule has 0 fully saturated rings. The number of carbonyl (C=O) groups excluding carboxylic acids is 2. The predicted octanol–water partition coefficient (Wildman–Crippen LogP) is 2.17. The van der Waals surface area contributed by atoms with Gasteiger partial charge in [0.25, 0.3) is 15.9 Å².